The second-order valence-electron chi connectivity index (χ2n) is 7.97. The quantitative estimate of drug-likeness (QED) is 0.596. The summed E-state index contributed by atoms with van der Waals surface area (Å²) in [5, 5.41) is 3.98. The average Bonchev–Trinajstić information content (AvgIpc) is 2.39. The molecule has 2 atom stereocenters. The van der Waals surface area contributed by atoms with E-state index in [1.54, 1.807) is 18.2 Å². The smallest absolute Gasteiger partial charge is 0.224 e. The minimum absolute atomic E-state index is 0.0986. The van der Waals surface area contributed by atoms with Gasteiger partial charge in [0.2, 0.25) is 5.91 Å². The predicted octanol–water partition coefficient (Wildman–Crippen LogP) is 6.06. The van der Waals surface area contributed by atoms with Crippen LogP contribution in [-0.4, -0.2) is 10.2 Å². The van der Waals surface area contributed by atoms with Crippen LogP contribution < -0.4 is 5.32 Å². The molecule has 5 rings (SSSR count). The van der Waals surface area contributed by atoms with Crippen molar-refractivity contribution in [2.75, 3.05) is 5.32 Å². The monoisotopic (exact) mass is 415 g/mol. The Balaban J connectivity index is 1.47. The van der Waals surface area contributed by atoms with E-state index in [4.69, 9.17) is 23.2 Å². The van der Waals surface area contributed by atoms with Crippen molar-refractivity contribution >= 4 is 50.7 Å². The molecule has 1 amide bonds. The first-order valence-electron chi connectivity index (χ1n) is 8.29. The zero-order chi connectivity index (χ0) is 16.2. The van der Waals surface area contributed by atoms with E-state index in [0.29, 0.717) is 20.8 Å². The van der Waals surface area contributed by atoms with E-state index in [0.717, 1.165) is 23.9 Å². The molecule has 4 aliphatic carbocycles. The van der Waals surface area contributed by atoms with Gasteiger partial charge in [0.05, 0.1) is 10.0 Å². The SMILES string of the molecule is O=C(CC12C[C@@H]3C[C@H](CC(Br)(C3)C1)C2)Nc1ccc(Cl)c(Cl)c1. The average molecular weight is 417 g/mol. The van der Waals surface area contributed by atoms with Crippen molar-refractivity contribution in [3.05, 3.63) is 28.2 Å². The molecule has 2 nitrogen and oxygen atoms in total. The fourth-order valence-electron chi connectivity index (χ4n) is 5.66. The molecule has 1 aromatic rings. The van der Waals surface area contributed by atoms with Crippen molar-refractivity contribution in [1.82, 2.24) is 0 Å². The third kappa shape index (κ3) is 3.17. The summed E-state index contributed by atoms with van der Waals surface area (Å²) in [4.78, 5) is 12.6. The minimum atomic E-state index is 0.0986. The molecule has 1 N–H and O–H groups in total. The molecule has 0 heterocycles. The van der Waals surface area contributed by atoms with Crippen molar-refractivity contribution in [3.8, 4) is 0 Å². The fraction of sp³-hybridized carbons (Fsp3) is 0.611. The fourth-order valence-corrected chi connectivity index (χ4v) is 7.47. The predicted molar refractivity (Wildman–Crippen MR) is 98.5 cm³/mol. The van der Waals surface area contributed by atoms with E-state index in [1.807, 2.05) is 0 Å². The summed E-state index contributed by atoms with van der Waals surface area (Å²) in [5.74, 6) is 1.70. The van der Waals surface area contributed by atoms with Crippen LogP contribution in [0.15, 0.2) is 18.2 Å². The molecule has 5 heteroatoms. The van der Waals surface area contributed by atoms with Crippen LogP contribution >= 0.6 is 39.1 Å². The van der Waals surface area contributed by atoms with Crippen LogP contribution in [0.1, 0.15) is 44.9 Å². The van der Waals surface area contributed by atoms with Gasteiger partial charge < -0.3 is 5.32 Å². The third-order valence-electron chi connectivity index (χ3n) is 5.85. The molecule has 0 unspecified atom stereocenters. The molecule has 0 saturated heterocycles. The van der Waals surface area contributed by atoms with E-state index in [-0.39, 0.29) is 11.3 Å². The van der Waals surface area contributed by atoms with Crippen LogP contribution in [0.4, 0.5) is 5.69 Å². The van der Waals surface area contributed by atoms with Gasteiger partial charge in [0.1, 0.15) is 0 Å². The minimum Gasteiger partial charge on any atom is -0.326 e. The number of carbonyl (C=O) groups is 1. The van der Waals surface area contributed by atoms with Gasteiger partial charge in [-0.05, 0) is 74.0 Å². The topological polar surface area (TPSA) is 29.1 Å². The van der Waals surface area contributed by atoms with Crippen LogP contribution in [0.3, 0.4) is 0 Å². The highest BCUT2D eigenvalue weighted by atomic mass is 79.9. The Labute approximate surface area is 155 Å². The van der Waals surface area contributed by atoms with Crippen LogP contribution in [0.5, 0.6) is 0 Å². The van der Waals surface area contributed by atoms with Crippen LogP contribution in [0, 0.1) is 17.3 Å². The highest BCUT2D eigenvalue weighted by Gasteiger charge is 2.57. The Bertz CT molecular complexity index is 648. The van der Waals surface area contributed by atoms with Crippen molar-refractivity contribution in [2.24, 2.45) is 17.3 Å². The lowest BCUT2D eigenvalue weighted by atomic mass is 9.48. The number of carbonyl (C=O) groups excluding carboxylic acids is 1. The van der Waals surface area contributed by atoms with E-state index >= 15 is 0 Å². The highest BCUT2D eigenvalue weighted by Crippen LogP contribution is 2.65. The lowest BCUT2D eigenvalue weighted by molar-refractivity contribution is -0.123. The summed E-state index contributed by atoms with van der Waals surface area (Å²) in [5.41, 5.74) is 0.913. The second kappa shape index (κ2) is 5.64. The van der Waals surface area contributed by atoms with Crippen LogP contribution in [-0.2, 0) is 4.79 Å². The molecule has 23 heavy (non-hydrogen) atoms. The number of alkyl halides is 1. The van der Waals surface area contributed by atoms with Gasteiger partial charge in [-0.1, -0.05) is 39.1 Å². The number of halogens is 3. The molecule has 4 saturated carbocycles. The normalized spacial score (nSPS) is 37.9. The number of amides is 1. The standard InChI is InChI=1S/C18H20BrCl2NO/c19-18-7-11-3-12(8-18)6-17(5-11,10-18)9-16(23)22-13-1-2-14(20)15(21)4-13/h1-2,4,11-12H,3,5-10H2,(H,22,23)/t11-,12-,17?,18?/m0/s1. The maximum atomic E-state index is 12.6. The summed E-state index contributed by atoms with van der Waals surface area (Å²) in [6.07, 6.45) is 8.13. The molecular formula is C18H20BrCl2NO. The number of nitrogens with one attached hydrogen (secondary N) is 1. The summed E-state index contributed by atoms with van der Waals surface area (Å²) < 4.78 is 0.293. The van der Waals surface area contributed by atoms with Gasteiger partial charge in [-0.25, -0.2) is 0 Å². The largest absolute Gasteiger partial charge is 0.326 e. The Morgan fingerprint density at radius 3 is 2.48 bits per heavy atom. The lowest BCUT2D eigenvalue weighted by Gasteiger charge is -2.60. The Morgan fingerprint density at radius 1 is 1.17 bits per heavy atom. The lowest BCUT2D eigenvalue weighted by Crippen LogP contribution is -2.53. The number of rotatable bonds is 3. The van der Waals surface area contributed by atoms with E-state index in [9.17, 15) is 4.79 Å². The maximum Gasteiger partial charge on any atom is 0.224 e. The highest BCUT2D eigenvalue weighted by molar-refractivity contribution is 9.10. The van der Waals surface area contributed by atoms with Crippen molar-refractivity contribution in [3.63, 3.8) is 0 Å². The van der Waals surface area contributed by atoms with Gasteiger partial charge in [-0.3, -0.25) is 4.79 Å². The van der Waals surface area contributed by atoms with Gasteiger partial charge in [0, 0.05) is 16.4 Å². The first kappa shape index (κ1) is 16.2. The first-order valence-corrected chi connectivity index (χ1v) is 9.84. The van der Waals surface area contributed by atoms with Crippen molar-refractivity contribution in [2.45, 2.75) is 49.3 Å². The molecule has 0 radical (unpaired) electrons. The Hall–Kier alpha value is -0.250. The molecule has 4 bridgehead atoms. The van der Waals surface area contributed by atoms with Crippen LogP contribution in [0.2, 0.25) is 10.0 Å². The van der Waals surface area contributed by atoms with E-state index in [1.165, 1.54) is 32.1 Å². The van der Waals surface area contributed by atoms with Crippen molar-refractivity contribution < 1.29 is 4.79 Å². The van der Waals surface area contributed by atoms with E-state index < -0.39 is 0 Å². The Kier molecular flexibility index (Phi) is 3.98. The zero-order valence-corrected chi connectivity index (χ0v) is 16.0. The molecule has 124 valence electrons. The van der Waals surface area contributed by atoms with Gasteiger partial charge in [0.25, 0.3) is 0 Å². The summed E-state index contributed by atoms with van der Waals surface area (Å²) in [6, 6.07) is 5.24. The summed E-state index contributed by atoms with van der Waals surface area (Å²) in [6.45, 7) is 0. The summed E-state index contributed by atoms with van der Waals surface area (Å²) in [7, 11) is 0. The molecule has 0 aromatic heterocycles. The molecule has 4 fully saturated rings. The number of anilines is 1. The molecule has 0 spiro atoms. The zero-order valence-electron chi connectivity index (χ0n) is 12.9. The van der Waals surface area contributed by atoms with Gasteiger partial charge in [-0.2, -0.15) is 0 Å². The van der Waals surface area contributed by atoms with E-state index in [2.05, 4.69) is 21.2 Å². The molecule has 0 aliphatic heterocycles. The molecule has 1 aromatic carbocycles. The number of hydrogen-bond donors (Lipinski definition) is 1. The summed E-state index contributed by atoms with van der Waals surface area (Å²) >= 11 is 16.0. The number of benzene rings is 1. The maximum absolute atomic E-state index is 12.6. The second-order valence-corrected chi connectivity index (χ2v) is 10.5. The van der Waals surface area contributed by atoms with Gasteiger partial charge in [-0.15, -0.1) is 0 Å². The van der Waals surface area contributed by atoms with Crippen molar-refractivity contribution in [1.29, 1.82) is 0 Å². The molecular weight excluding hydrogens is 397 g/mol. The van der Waals surface area contributed by atoms with Gasteiger partial charge >= 0.3 is 0 Å². The molecule has 4 aliphatic rings. The third-order valence-corrected chi connectivity index (χ3v) is 7.52. The van der Waals surface area contributed by atoms with Gasteiger partial charge in [0.15, 0.2) is 0 Å². The first-order chi connectivity index (χ1) is 10.8. The van der Waals surface area contributed by atoms with Crippen LogP contribution in [0.25, 0.3) is 0 Å². The Morgan fingerprint density at radius 2 is 1.87 bits per heavy atom. The number of hydrogen-bond acceptors (Lipinski definition) is 1.